The highest BCUT2D eigenvalue weighted by atomic mass is 32.2. The number of methoxy groups -OCH3 is 1. The molecule has 3 heterocycles. The molecular formula is C24H27N5O2S. The molecule has 0 saturated carbocycles. The van der Waals surface area contributed by atoms with Gasteiger partial charge in [0, 0.05) is 11.4 Å². The van der Waals surface area contributed by atoms with Crippen LogP contribution in [0.15, 0.2) is 46.0 Å². The van der Waals surface area contributed by atoms with Crippen LogP contribution in [0.3, 0.4) is 0 Å². The van der Waals surface area contributed by atoms with Crippen molar-refractivity contribution in [2.24, 2.45) is 10.1 Å². The van der Waals surface area contributed by atoms with E-state index in [-0.39, 0.29) is 11.4 Å². The van der Waals surface area contributed by atoms with Gasteiger partial charge in [0.1, 0.15) is 10.8 Å². The number of para-hydroxylation sites is 2. The van der Waals surface area contributed by atoms with Gasteiger partial charge in [-0.25, -0.2) is 0 Å². The van der Waals surface area contributed by atoms with Crippen LogP contribution in [0, 0.1) is 19.3 Å². The number of aliphatic imine (C=N–C) groups is 1. The molecule has 0 atom stereocenters. The zero-order chi connectivity index (χ0) is 22.8. The van der Waals surface area contributed by atoms with Gasteiger partial charge in [-0.3, -0.25) is 10.2 Å². The SMILES string of the molecule is CCCCCC1=NN2C(=N)/C(=C\c3cc(C)n(-c4ccccc4OC)c3C)C(=O)N=C2S1. The molecule has 0 saturated heterocycles. The second kappa shape index (κ2) is 9.16. The molecule has 0 radical (unpaired) electrons. The summed E-state index contributed by atoms with van der Waals surface area (Å²) in [6.45, 7) is 6.16. The van der Waals surface area contributed by atoms with Gasteiger partial charge in [-0.15, -0.1) is 0 Å². The Morgan fingerprint density at radius 3 is 2.75 bits per heavy atom. The molecule has 4 rings (SSSR count). The molecule has 1 aromatic heterocycles. The van der Waals surface area contributed by atoms with Crippen LogP contribution in [0.1, 0.15) is 49.6 Å². The summed E-state index contributed by atoms with van der Waals surface area (Å²) in [5.74, 6) is 0.434. The number of benzene rings is 1. The number of carbonyl (C=O) groups is 1. The number of aryl methyl sites for hydroxylation is 1. The van der Waals surface area contributed by atoms with Crippen LogP contribution in [0.5, 0.6) is 5.75 Å². The highest BCUT2D eigenvalue weighted by Gasteiger charge is 2.35. The molecule has 0 fully saturated rings. The Morgan fingerprint density at radius 1 is 1.22 bits per heavy atom. The zero-order valence-electron chi connectivity index (χ0n) is 18.8. The second-order valence-corrected chi connectivity index (χ2v) is 8.85. The molecule has 7 nitrogen and oxygen atoms in total. The molecule has 8 heteroatoms. The Balaban J connectivity index is 1.67. The molecule has 166 valence electrons. The number of rotatable bonds is 7. The average Bonchev–Trinajstić information content (AvgIpc) is 3.31. The van der Waals surface area contributed by atoms with Crippen molar-refractivity contribution in [3.8, 4) is 11.4 Å². The number of amidine groups is 2. The molecule has 2 aromatic rings. The van der Waals surface area contributed by atoms with E-state index in [4.69, 9.17) is 10.1 Å². The molecule has 0 aliphatic carbocycles. The number of amides is 1. The number of nitrogens with one attached hydrogen (secondary N) is 1. The average molecular weight is 450 g/mol. The minimum atomic E-state index is -0.402. The van der Waals surface area contributed by atoms with Crippen molar-refractivity contribution in [1.82, 2.24) is 9.58 Å². The smallest absolute Gasteiger partial charge is 0.283 e. The normalized spacial score (nSPS) is 17.0. The van der Waals surface area contributed by atoms with E-state index < -0.39 is 5.91 Å². The van der Waals surface area contributed by atoms with Gasteiger partial charge in [0.25, 0.3) is 5.91 Å². The van der Waals surface area contributed by atoms with Crippen molar-refractivity contribution >= 4 is 39.8 Å². The van der Waals surface area contributed by atoms with E-state index in [1.807, 2.05) is 44.2 Å². The summed E-state index contributed by atoms with van der Waals surface area (Å²) in [5, 5.41) is 16.0. The van der Waals surface area contributed by atoms with Crippen molar-refractivity contribution in [3.05, 3.63) is 52.9 Å². The van der Waals surface area contributed by atoms with E-state index in [1.54, 1.807) is 13.2 Å². The Labute approximate surface area is 192 Å². The molecule has 0 unspecified atom stereocenters. The van der Waals surface area contributed by atoms with Gasteiger partial charge < -0.3 is 9.30 Å². The first-order valence-electron chi connectivity index (χ1n) is 10.8. The number of aromatic nitrogens is 1. The predicted molar refractivity (Wildman–Crippen MR) is 131 cm³/mol. The van der Waals surface area contributed by atoms with Gasteiger partial charge in [0.2, 0.25) is 5.17 Å². The predicted octanol–water partition coefficient (Wildman–Crippen LogP) is 5.30. The van der Waals surface area contributed by atoms with E-state index >= 15 is 0 Å². The number of unbranched alkanes of at least 4 members (excludes halogenated alkanes) is 2. The molecule has 1 aromatic carbocycles. The lowest BCUT2D eigenvalue weighted by molar-refractivity contribution is -0.114. The van der Waals surface area contributed by atoms with Gasteiger partial charge >= 0.3 is 0 Å². The maximum Gasteiger partial charge on any atom is 0.283 e. The number of fused-ring (bicyclic) bond motifs is 1. The Morgan fingerprint density at radius 2 is 2.00 bits per heavy atom. The quantitative estimate of drug-likeness (QED) is 0.459. The van der Waals surface area contributed by atoms with Crippen LogP contribution in [0.2, 0.25) is 0 Å². The molecule has 0 spiro atoms. The van der Waals surface area contributed by atoms with Crippen molar-refractivity contribution in [2.45, 2.75) is 46.5 Å². The second-order valence-electron chi connectivity index (χ2n) is 7.80. The van der Waals surface area contributed by atoms with Crippen LogP contribution < -0.4 is 4.74 Å². The van der Waals surface area contributed by atoms with Crippen LogP contribution in [-0.4, -0.2) is 38.6 Å². The van der Waals surface area contributed by atoms with Crippen molar-refractivity contribution in [2.75, 3.05) is 7.11 Å². The van der Waals surface area contributed by atoms with Crippen molar-refractivity contribution in [3.63, 3.8) is 0 Å². The summed E-state index contributed by atoms with van der Waals surface area (Å²) in [5.41, 5.74) is 3.99. The Hall–Kier alpha value is -3.13. The first-order valence-corrected chi connectivity index (χ1v) is 11.6. The summed E-state index contributed by atoms with van der Waals surface area (Å²) in [7, 11) is 1.65. The number of nitrogens with zero attached hydrogens (tertiary/aromatic N) is 4. The molecular weight excluding hydrogens is 422 g/mol. The number of hydrogen-bond donors (Lipinski definition) is 1. The van der Waals surface area contributed by atoms with Crippen molar-refractivity contribution < 1.29 is 9.53 Å². The lowest BCUT2D eigenvalue weighted by Gasteiger charge is -2.20. The van der Waals surface area contributed by atoms with Crippen LogP contribution >= 0.6 is 11.8 Å². The topological polar surface area (TPSA) is 83.0 Å². The summed E-state index contributed by atoms with van der Waals surface area (Å²) in [4.78, 5) is 17.0. The minimum absolute atomic E-state index is 0.0695. The van der Waals surface area contributed by atoms with Crippen molar-refractivity contribution in [1.29, 1.82) is 5.41 Å². The standard InChI is InChI=1S/C24H27N5O2S/c1-5-6-7-12-21-27-29-22(25)18(23(30)26-24(29)32-21)14-17-13-15(2)28(16(17)3)19-10-8-9-11-20(19)31-4/h8-11,13-14,25H,5-7,12H2,1-4H3/b18-14+,25-22?. The number of thioether (sulfide) groups is 1. The fourth-order valence-corrected chi connectivity index (χ4v) is 4.86. The molecule has 32 heavy (non-hydrogen) atoms. The van der Waals surface area contributed by atoms with Gasteiger partial charge in [0.05, 0.1) is 18.4 Å². The van der Waals surface area contributed by atoms with E-state index in [2.05, 4.69) is 21.6 Å². The molecule has 0 bridgehead atoms. The fraction of sp³-hybridized carbons (Fsp3) is 0.333. The van der Waals surface area contributed by atoms with Crippen LogP contribution in [-0.2, 0) is 4.79 Å². The highest BCUT2D eigenvalue weighted by Crippen LogP contribution is 2.32. The summed E-state index contributed by atoms with van der Waals surface area (Å²) < 4.78 is 7.62. The van der Waals surface area contributed by atoms with Gasteiger partial charge in [-0.2, -0.15) is 15.1 Å². The number of carbonyl (C=O) groups excluding carboxylic acids is 1. The number of hydrogen-bond acceptors (Lipinski definition) is 5. The minimum Gasteiger partial charge on any atom is -0.495 e. The first-order chi connectivity index (χ1) is 15.4. The summed E-state index contributed by atoms with van der Waals surface area (Å²) in [6.07, 6.45) is 5.90. The molecule has 1 amide bonds. The highest BCUT2D eigenvalue weighted by molar-refractivity contribution is 8.26. The van der Waals surface area contributed by atoms with E-state index in [0.29, 0.717) is 5.17 Å². The Bertz CT molecular complexity index is 1180. The maximum absolute atomic E-state index is 12.8. The summed E-state index contributed by atoms with van der Waals surface area (Å²) >= 11 is 1.39. The van der Waals surface area contributed by atoms with Crippen LogP contribution in [0.25, 0.3) is 11.8 Å². The number of hydrazone groups is 1. The van der Waals surface area contributed by atoms with Gasteiger partial charge in [0.15, 0.2) is 5.84 Å². The van der Waals surface area contributed by atoms with Gasteiger partial charge in [-0.1, -0.05) is 31.9 Å². The molecule has 2 aliphatic heterocycles. The molecule has 1 N–H and O–H groups in total. The fourth-order valence-electron chi connectivity index (χ4n) is 3.93. The monoisotopic (exact) mass is 449 g/mol. The third-order valence-electron chi connectivity index (χ3n) is 5.59. The number of ether oxygens (including phenoxy) is 1. The van der Waals surface area contributed by atoms with E-state index in [1.165, 1.54) is 16.8 Å². The van der Waals surface area contributed by atoms with E-state index in [0.717, 1.165) is 59.1 Å². The van der Waals surface area contributed by atoms with E-state index in [9.17, 15) is 4.79 Å². The lowest BCUT2D eigenvalue weighted by atomic mass is 10.1. The molecule has 2 aliphatic rings. The third-order valence-corrected chi connectivity index (χ3v) is 6.55. The maximum atomic E-state index is 12.8. The third kappa shape index (κ3) is 4.02. The van der Waals surface area contributed by atoms with Gasteiger partial charge in [-0.05, 0) is 68.3 Å². The zero-order valence-corrected chi connectivity index (χ0v) is 19.6. The lowest BCUT2D eigenvalue weighted by Crippen LogP contribution is -2.35. The first kappa shape index (κ1) is 22.1. The van der Waals surface area contributed by atoms with Crippen LogP contribution in [0.4, 0.5) is 0 Å². The largest absolute Gasteiger partial charge is 0.495 e. The Kier molecular flexibility index (Phi) is 6.32. The summed E-state index contributed by atoms with van der Waals surface area (Å²) in [6, 6.07) is 9.82.